The van der Waals surface area contributed by atoms with E-state index >= 15 is 0 Å². The van der Waals surface area contributed by atoms with Gasteiger partial charge in [0, 0.05) is 53.7 Å². The Kier molecular flexibility index (Phi) is 6.57. The van der Waals surface area contributed by atoms with Crippen molar-refractivity contribution in [3.05, 3.63) is 64.8 Å². The lowest BCUT2D eigenvalue weighted by Crippen LogP contribution is -2.33. The molecule has 0 radical (unpaired) electrons. The third-order valence-electron chi connectivity index (χ3n) is 5.34. The summed E-state index contributed by atoms with van der Waals surface area (Å²) in [6, 6.07) is 12.5. The molecular formula is C24H25ClN6O2. The van der Waals surface area contributed by atoms with Gasteiger partial charge < -0.3 is 20.4 Å². The first-order valence-corrected chi connectivity index (χ1v) is 10.9. The lowest BCUT2D eigenvalue weighted by Gasteiger charge is -2.19. The Hall–Kier alpha value is -3.49. The van der Waals surface area contributed by atoms with E-state index in [0.717, 1.165) is 23.4 Å². The van der Waals surface area contributed by atoms with E-state index in [1.54, 1.807) is 42.4 Å². The van der Waals surface area contributed by atoms with Crippen LogP contribution in [0.4, 0.5) is 17.3 Å². The van der Waals surface area contributed by atoms with E-state index in [-0.39, 0.29) is 18.2 Å². The highest BCUT2D eigenvalue weighted by Crippen LogP contribution is 2.34. The Morgan fingerprint density at radius 1 is 1.12 bits per heavy atom. The van der Waals surface area contributed by atoms with Crippen LogP contribution in [-0.4, -0.2) is 65.8 Å². The van der Waals surface area contributed by atoms with Gasteiger partial charge in [-0.05, 0) is 56.6 Å². The van der Waals surface area contributed by atoms with E-state index in [2.05, 4.69) is 20.6 Å². The molecule has 0 saturated carbocycles. The van der Waals surface area contributed by atoms with Crippen LogP contribution in [0.15, 0.2) is 48.7 Å². The van der Waals surface area contributed by atoms with Gasteiger partial charge in [-0.25, -0.2) is 9.97 Å². The molecule has 0 unspecified atom stereocenters. The molecule has 2 aromatic carbocycles. The van der Waals surface area contributed by atoms with Crippen LogP contribution in [0.2, 0.25) is 5.02 Å². The molecule has 33 heavy (non-hydrogen) atoms. The van der Waals surface area contributed by atoms with Crippen LogP contribution in [-0.2, 0) is 11.2 Å². The second-order valence-corrected chi connectivity index (χ2v) is 8.65. The molecule has 2 N–H and O–H groups in total. The van der Waals surface area contributed by atoms with Crippen LogP contribution in [0.25, 0.3) is 11.3 Å². The first-order chi connectivity index (χ1) is 15.8. The van der Waals surface area contributed by atoms with Crippen molar-refractivity contribution >= 4 is 40.7 Å². The van der Waals surface area contributed by atoms with E-state index < -0.39 is 0 Å². The maximum absolute atomic E-state index is 12.6. The fourth-order valence-corrected chi connectivity index (χ4v) is 3.69. The number of halogens is 1. The van der Waals surface area contributed by atoms with E-state index in [4.69, 9.17) is 11.6 Å². The number of hydrogen-bond donors (Lipinski definition) is 2. The van der Waals surface area contributed by atoms with Crippen LogP contribution in [0, 0.1) is 0 Å². The highest BCUT2D eigenvalue weighted by atomic mass is 35.5. The lowest BCUT2D eigenvalue weighted by molar-refractivity contribution is -0.115. The molecule has 3 aromatic rings. The van der Waals surface area contributed by atoms with Crippen molar-refractivity contribution in [1.29, 1.82) is 0 Å². The van der Waals surface area contributed by atoms with Gasteiger partial charge in [0.25, 0.3) is 5.91 Å². The minimum Gasteiger partial charge on any atom is -0.340 e. The van der Waals surface area contributed by atoms with Crippen molar-refractivity contribution in [3.63, 3.8) is 0 Å². The summed E-state index contributed by atoms with van der Waals surface area (Å²) in [7, 11) is 5.75. The SMILES string of the molecule is CN(C)CCN(C)C(=O)c1ccc(Nc2ncc3c(n2)-c2ccc(Cl)cc2NC(=O)C3)cc1. The molecule has 0 fully saturated rings. The van der Waals surface area contributed by atoms with Crippen molar-refractivity contribution < 1.29 is 9.59 Å². The van der Waals surface area contributed by atoms with Gasteiger partial charge in [0.2, 0.25) is 11.9 Å². The first-order valence-electron chi connectivity index (χ1n) is 10.5. The zero-order valence-electron chi connectivity index (χ0n) is 18.7. The monoisotopic (exact) mass is 464 g/mol. The zero-order chi connectivity index (χ0) is 23.5. The molecular weight excluding hydrogens is 440 g/mol. The predicted octanol–water partition coefficient (Wildman–Crippen LogP) is 3.67. The lowest BCUT2D eigenvalue weighted by atomic mass is 10.1. The Labute approximate surface area is 197 Å². The van der Waals surface area contributed by atoms with Crippen molar-refractivity contribution in [1.82, 2.24) is 19.8 Å². The minimum absolute atomic E-state index is 0.0304. The number of rotatable bonds is 6. The number of carbonyl (C=O) groups excluding carboxylic acids is 2. The van der Waals surface area contributed by atoms with Gasteiger partial charge in [-0.1, -0.05) is 11.6 Å². The predicted molar refractivity (Wildman–Crippen MR) is 130 cm³/mol. The maximum atomic E-state index is 12.6. The number of hydrogen-bond acceptors (Lipinski definition) is 6. The second kappa shape index (κ2) is 9.56. The van der Waals surface area contributed by atoms with E-state index in [0.29, 0.717) is 34.5 Å². The summed E-state index contributed by atoms with van der Waals surface area (Å²) < 4.78 is 0. The van der Waals surface area contributed by atoms with Crippen molar-refractivity contribution in [2.24, 2.45) is 0 Å². The van der Waals surface area contributed by atoms with E-state index in [1.807, 2.05) is 37.2 Å². The molecule has 2 amide bonds. The topological polar surface area (TPSA) is 90.5 Å². The molecule has 0 spiro atoms. The quantitative estimate of drug-likeness (QED) is 0.578. The molecule has 1 aliphatic rings. The van der Waals surface area contributed by atoms with E-state index in [9.17, 15) is 9.59 Å². The number of anilines is 3. The fraction of sp³-hybridized carbons (Fsp3) is 0.250. The number of nitrogens with zero attached hydrogens (tertiary/aromatic N) is 4. The number of nitrogens with one attached hydrogen (secondary N) is 2. The summed E-state index contributed by atoms with van der Waals surface area (Å²) in [6.07, 6.45) is 1.84. The molecule has 2 heterocycles. The highest BCUT2D eigenvalue weighted by molar-refractivity contribution is 6.31. The third kappa shape index (κ3) is 5.30. The van der Waals surface area contributed by atoms with Crippen LogP contribution in [0.5, 0.6) is 0 Å². The summed E-state index contributed by atoms with van der Waals surface area (Å²) in [6.45, 7) is 1.45. The number of benzene rings is 2. The number of amides is 2. The largest absolute Gasteiger partial charge is 0.340 e. The van der Waals surface area contributed by atoms with Crippen LogP contribution < -0.4 is 10.6 Å². The molecule has 1 aromatic heterocycles. The summed E-state index contributed by atoms with van der Waals surface area (Å²) in [5.74, 6) is 0.223. The van der Waals surface area contributed by atoms with Crippen molar-refractivity contribution in [2.45, 2.75) is 6.42 Å². The molecule has 0 saturated heterocycles. The summed E-state index contributed by atoms with van der Waals surface area (Å²) in [5.41, 5.74) is 4.18. The van der Waals surface area contributed by atoms with Gasteiger partial charge in [0.15, 0.2) is 0 Å². The molecule has 9 heteroatoms. The Morgan fingerprint density at radius 3 is 2.61 bits per heavy atom. The van der Waals surface area contributed by atoms with E-state index in [1.165, 1.54) is 0 Å². The Morgan fingerprint density at radius 2 is 1.88 bits per heavy atom. The van der Waals surface area contributed by atoms with Crippen LogP contribution in [0.1, 0.15) is 15.9 Å². The molecule has 1 aliphatic heterocycles. The number of likely N-dealkylation sites (N-methyl/N-ethyl adjacent to an activating group) is 2. The summed E-state index contributed by atoms with van der Waals surface area (Å²) in [5, 5.41) is 6.58. The standard InChI is InChI=1S/C24H25ClN6O2/c1-30(2)10-11-31(3)23(33)15-4-7-18(8-5-15)27-24-26-14-16-12-21(32)28-20-13-17(25)6-9-19(20)22(16)29-24/h4-9,13-14H,10-12H2,1-3H3,(H,28,32)(H,26,27,29). The number of fused-ring (bicyclic) bond motifs is 3. The summed E-state index contributed by atoms with van der Waals surface area (Å²) >= 11 is 6.10. The van der Waals surface area contributed by atoms with Gasteiger partial charge >= 0.3 is 0 Å². The summed E-state index contributed by atoms with van der Waals surface area (Å²) in [4.78, 5) is 37.6. The first kappa shape index (κ1) is 22.7. The average Bonchev–Trinajstić information content (AvgIpc) is 2.92. The molecule has 0 bridgehead atoms. The van der Waals surface area contributed by atoms with Crippen molar-refractivity contribution in [2.75, 3.05) is 44.9 Å². The van der Waals surface area contributed by atoms with Crippen molar-refractivity contribution in [3.8, 4) is 11.3 Å². The van der Waals surface area contributed by atoms with Gasteiger partial charge in [0.05, 0.1) is 17.8 Å². The minimum atomic E-state index is -0.141. The zero-order valence-corrected chi connectivity index (χ0v) is 19.5. The Balaban J connectivity index is 1.54. The van der Waals surface area contributed by atoms with Gasteiger partial charge in [-0.2, -0.15) is 0 Å². The van der Waals surface area contributed by atoms with Crippen LogP contribution in [0.3, 0.4) is 0 Å². The fourth-order valence-electron chi connectivity index (χ4n) is 3.52. The molecule has 0 atom stereocenters. The average molecular weight is 465 g/mol. The maximum Gasteiger partial charge on any atom is 0.253 e. The third-order valence-corrected chi connectivity index (χ3v) is 5.58. The smallest absolute Gasteiger partial charge is 0.253 e. The second-order valence-electron chi connectivity index (χ2n) is 8.21. The number of aromatic nitrogens is 2. The van der Waals surface area contributed by atoms with Gasteiger partial charge in [0.1, 0.15) is 0 Å². The Bertz CT molecular complexity index is 1200. The molecule has 8 nitrogen and oxygen atoms in total. The number of carbonyl (C=O) groups is 2. The van der Waals surface area contributed by atoms with Gasteiger partial charge in [-0.3, -0.25) is 9.59 Å². The molecule has 4 rings (SSSR count). The normalized spacial score (nSPS) is 12.5. The van der Waals surface area contributed by atoms with Gasteiger partial charge in [-0.15, -0.1) is 0 Å². The van der Waals surface area contributed by atoms with Crippen LogP contribution >= 0.6 is 11.6 Å². The highest BCUT2D eigenvalue weighted by Gasteiger charge is 2.21. The molecule has 0 aliphatic carbocycles. The molecule has 170 valence electrons.